The summed E-state index contributed by atoms with van der Waals surface area (Å²) in [5.41, 5.74) is 4.54. The van der Waals surface area contributed by atoms with Crippen LogP contribution < -0.4 is 4.90 Å². The van der Waals surface area contributed by atoms with Crippen LogP contribution in [0.2, 0.25) is 0 Å². The number of hydrogen-bond donors (Lipinski definition) is 1. The van der Waals surface area contributed by atoms with E-state index in [9.17, 15) is 4.79 Å². The van der Waals surface area contributed by atoms with Crippen LogP contribution in [0.1, 0.15) is 22.3 Å². The molecule has 0 unspecified atom stereocenters. The fourth-order valence-electron chi connectivity index (χ4n) is 2.66. The minimum absolute atomic E-state index is 0.801. The summed E-state index contributed by atoms with van der Waals surface area (Å²) in [4.78, 5) is 17.3. The Morgan fingerprint density at radius 2 is 1.95 bits per heavy atom. The van der Waals surface area contributed by atoms with Crippen LogP contribution >= 0.6 is 0 Å². The smallest absolute Gasteiger partial charge is 0.328 e. The summed E-state index contributed by atoms with van der Waals surface area (Å²) >= 11 is 0. The molecule has 4 heteroatoms. The maximum absolute atomic E-state index is 10.5. The standard InChI is InChI=1S/C17H16N2O2/c1-12-8-13(6-7-16(20)21)9-18-17(12)19-10-14-4-2-3-5-15(14)11-19/h2-9H,10-11H2,1H3,(H,20,21)/b7-6+. The van der Waals surface area contributed by atoms with E-state index in [1.54, 1.807) is 12.3 Å². The lowest BCUT2D eigenvalue weighted by atomic mass is 10.1. The Labute approximate surface area is 123 Å². The molecule has 2 aromatic rings. The molecule has 0 amide bonds. The molecule has 1 N–H and O–H groups in total. The lowest BCUT2D eigenvalue weighted by Gasteiger charge is -2.19. The van der Waals surface area contributed by atoms with E-state index in [0.29, 0.717) is 0 Å². The molecule has 1 aromatic carbocycles. The van der Waals surface area contributed by atoms with Crippen molar-refractivity contribution in [3.63, 3.8) is 0 Å². The van der Waals surface area contributed by atoms with Gasteiger partial charge in [-0.2, -0.15) is 0 Å². The van der Waals surface area contributed by atoms with E-state index >= 15 is 0 Å². The Morgan fingerprint density at radius 3 is 2.52 bits per heavy atom. The van der Waals surface area contributed by atoms with Crippen LogP contribution in [0.15, 0.2) is 42.6 Å². The number of benzene rings is 1. The molecule has 4 nitrogen and oxygen atoms in total. The number of anilines is 1. The molecule has 21 heavy (non-hydrogen) atoms. The Bertz CT molecular complexity index is 697. The Kier molecular flexibility index (Phi) is 3.44. The summed E-state index contributed by atoms with van der Waals surface area (Å²) in [6.07, 6.45) is 4.40. The zero-order chi connectivity index (χ0) is 14.8. The van der Waals surface area contributed by atoms with Crippen molar-refractivity contribution in [2.45, 2.75) is 20.0 Å². The summed E-state index contributed by atoms with van der Waals surface area (Å²) in [6.45, 7) is 3.74. The molecule has 0 atom stereocenters. The number of nitrogens with zero attached hydrogens (tertiary/aromatic N) is 2. The fourth-order valence-corrected chi connectivity index (χ4v) is 2.66. The second-order valence-electron chi connectivity index (χ2n) is 5.21. The predicted octanol–water partition coefficient (Wildman–Crippen LogP) is 3.01. The number of carbonyl (C=O) groups is 1. The van der Waals surface area contributed by atoms with Crippen molar-refractivity contribution in [3.05, 3.63) is 64.9 Å². The van der Waals surface area contributed by atoms with Gasteiger partial charge >= 0.3 is 5.97 Å². The highest BCUT2D eigenvalue weighted by molar-refractivity contribution is 5.85. The molecule has 0 saturated heterocycles. The Morgan fingerprint density at radius 1 is 1.29 bits per heavy atom. The molecule has 3 rings (SSSR count). The number of hydrogen-bond acceptors (Lipinski definition) is 3. The van der Waals surface area contributed by atoms with Gasteiger partial charge in [0.1, 0.15) is 5.82 Å². The first-order chi connectivity index (χ1) is 10.1. The monoisotopic (exact) mass is 280 g/mol. The van der Waals surface area contributed by atoms with Crippen molar-refractivity contribution in [1.82, 2.24) is 4.98 Å². The molecule has 0 radical (unpaired) electrons. The molecule has 0 bridgehead atoms. The molecular weight excluding hydrogens is 264 g/mol. The van der Waals surface area contributed by atoms with Crippen molar-refractivity contribution in [2.24, 2.45) is 0 Å². The summed E-state index contributed by atoms with van der Waals surface area (Å²) in [5, 5.41) is 8.66. The number of fused-ring (bicyclic) bond motifs is 1. The van der Waals surface area contributed by atoms with Crippen LogP contribution in [0, 0.1) is 6.92 Å². The molecule has 0 spiro atoms. The second-order valence-corrected chi connectivity index (χ2v) is 5.21. The maximum Gasteiger partial charge on any atom is 0.328 e. The minimum Gasteiger partial charge on any atom is -0.478 e. The number of carboxylic acid groups (broad SMARTS) is 1. The van der Waals surface area contributed by atoms with Crippen LogP contribution in [-0.4, -0.2) is 16.1 Å². The van der Waals surface area contributed by atoms with E-state index < -0.39 is 5.97 Å². The molecule has 0 aliphatic carbocycles. The van der Waals surface area contributed by atoms with Crippen LogP contribution in [-0.2, 0) is 17.9 Å². The van der Waals surface area contributed by atoms with Crippen molar-refractivity contribution in [1.29, 1.82) is 0 Å². The highest BCUT2D eigenvalue weighted by Crippen LogP contribution is 2.29. The van der Waals surface area contributed by atoms with Gasteiger partial charge in [0.15, 0.2) is 0 Å². The van der Waals surface area contributed by atoms with Crippen LogP contribution in [0.3, 0.4) is 0 Å². The predicted molar refractivity (Wildman–Crippen MR) is 82.0 cm³/mol. The molecular formula is C17H16N2O2. The number of carboxylic acids is 1. The van der Waals surface area contributed by atoms with E-state index in [1.165, 1.54) is 11.1 Å². The lowest BCUT2D eigenvalue weighted by Crippen LogP contribution is -2.17. The van der Waals surface area contributed by atoms with Crippen molar-refractivity contribution in [3.8, 4) is 0 Å². The first kappa shape index (κ1) is 13.4. The SMILES string of the molecule is Cc1cc(/C=C/C(=O)O)cnc1N1Cc2ccccc2C1. The van der Waals surface area contributed by atoms with Gasteiger partial charge in [-0.05, 0) is 41.3 Å². The average Bonchev–Trinajstić information content (AvgIpc) is 2.88. The van der Waals surface area contributed by atoms with E-state index in [1.807, 2.05) is 13.0 Å². The van der Waals surface area contributed by atoms with E-state index in [2.05, 4.69) is 34.1 Å². The summed E-state index contributed by atoms with van der Waals surface area (Å²) in [6, 6.07) is 10.4. The number of rotatable bonds is 3. The van der Waals surface area contributed by atoms with E-state index in [-0.39, 0.29) is 0 Å². The van der Waals surface area contributed by atoms with E-state index in [4.69, 9.17) is 5.11 Å². The van der Waals surface area contributed by atoms with Gasteiger partial charge in [0.05, 0.1) is 0 Å². The third kappa shape index (κ3) is 2.79. The minimum atomic E-state index is -0.952. The molecule has 106 valence electrons. The zero-order valence-corrected chi connectivity index (χ0v) is 11.8. The molecule has 0 saturated carbocycles. The highest BCUT2D eigenvalue weighted by Gasteiger charge is 2.20. The summed E-state index contributed by atoms with van der Waals surface area (Å²) in [7, 11) is 0. The largest absolute Gasteiger partial charge is 0.478 e. The molecule has 1 aliphatic rings. The van der Waals surface area contributed by atoms with Gasteiger partial charge < -0.3 is 10.0 Å². The van der Waals surface area contributed by atoms with Crippen LogP contribution in [0.5, 0.6) is 0 Å². The summed E-state index contributed by atoms with van der Waals surface area (Å²) in [5.74, 6) is 0.00500. The first-order valence-corrected chi connectivity index (χ1v) is 6.83. The number of aryl methyl sites for hydroxylation is 1. The fraction of sp³-hybridized carbons (Fsp3) is 0.176. The topological polar surface area (TPSA) is 53.4 Å². The van der Waals surface area contributed by atoms with Gasteiger partial charge in [0.2, 0.25) is 0 Å². The Hall–Kier alpha value is -2.62. The quantitative estimate of drug-likeness (QED) is 0.878. The second kappa shape index (κ2) is 5.40. The first-order valence-electron chi connectivity index (χ1n) is 6.83. The van der Waals surface area contributed by atoms with Gasteiger partial charge in [0, 0.05) is 25.4 Å². The molecule has 2 heterocycles. The van der Waals surface area contributed by atoms with Crippen LogP contribution in [0.25, 0.3) is 6.08 Å². The Balaban J connectivity index is 1.83. The van der Waals surface area contributed by atoms with Gasteiger partial charge in [-0.1, -0.05) is 24.3 Å². The molecule has 1 aromatic heterocycles. The summed E-state index contributed by atoms with van der Waals surface area (Å²) < 4.78 is 0. The van der Waals surface area contributed by atoms with E-state index in [0.717, 1.165) is 36.1 Å². The van der Waals surface area contributed by atoms with Crippen molar-refractivity contribution in [2.75, 3.05) is 4.90 Å². The third-order valence-electron chi connectivity index (χ3n) is 3.63. The normalized spacial score (nSPS) is 13.7. The number of aromatic nitrogens is 1. The van der Waals surface area contributed by atoms with Gasteiger partial charge in [-0.15, -0.1) is 0 Å². The van der Waals surface area contributed by atoms with Crippen molar-refractivity contribution < 1.29 is 9.90 Å². The average molecular weight is 280 g/mol. The number of pyridine rings is 1. The molecule has 0 fully saturated rings. The highest BCUT2D eigenvalue weighted by atomic mass is 16.4. The number of aliphatic carboxylic acids is 1. The third-order valence-corrected chi connectivity index (χ3v) is 3.63. The maximum atomic E-state index is 10.5. The van der Waals surface area contributed by atoms with Crippen molar-refractivity contribution >= 4 is 17.9 Å². The lowest BCUT2D eigenvalue weighted by molar-refractivity contribution is -0.131. The van der Waals surface area contributed by atoms with Gasteiger partial charge in [-0.3, -0.25) is 0 Å². The van der Waals surface area contributed by atoms with Gasteiger partial charge in [-0.25, -0.2) is 9.78 Å². The zero-order valence-electron chi connectivity index (χ0n) is 11.8. The van der Waals surface area contributed by atoms with Gasteiger partial charge in [0.25, 0.3) is 0 Å². The molecule has 1 aliphatic heterocycles. The van der Waals surface area contributed by atoms with Crippen LogP contribution in [0.4, 0.5) is 5.82 Å².